The summed E-state index contributed by atoms with van der Waals surface area (Å²) < 4.78 is 5.10. The summed E-state index contributed by atoms with van der Waals surface area (Å²) in [5.41, 5.74) is 1.98. The molecule has 1 aliphatic rings. The van der Waals surface area contributed by atoms with E-state index < -0.39 is 11.8 Å². The van der Waals surface area contributed by atoms with Crippen molar-refractivity contribution < 1.29 is 19.5 Å². The molecular formula is C18H15NO4. The van der Waals surface area contributed by atoms with Crippen molar-refractivity contribution in [3.05, 3.63) is 71.3 Å². The molecule has 3 rings (SSSR count). The highest BCUT2D eigenvalue weighted by Crippen LogP contribution is 2.31. The van der Waals surface area contributed by atoms with Crippen LogP contribution in [0.25, 0.3) is 5.57 Å². The minimum Gasteiger partial charge on any atom is -0.497 e. The van der Waals surface area contributed by atoms with Gasteiger partial charge in [-0.05, 0) is 23.3 Å². The molecule has 0 fully saturated rings. The highest BCUT2D eigenvalue weighted by atomic mass is 16.5. The van der Waals surface area contributed by atoms with Crippen molar-refractivity contribution in [2.45, 2.75) is 6.42 Å². The van der Waals surface area contributed by atoms with Crippen LogP contribution in [0.2, 0.25) is 0 Å². The number of methoxy groups -OCH3 is 1. The Hall–Kier alpha value is -2.92. The van der Waals surface area contributed by atoms with Gasteiger partial charge < -0.3 is 4.74 Å². The molecule has 2 aromatic rings. The Labute approximate surface area is 133 Å². The first kappa shape index (κ1) is 15.0. The van der Waals surface area contributed by atoms with E-state index in [1.165, 1.54) is 0 Å². The number of ether oxygens (including phenoxy) is 1. The number of rotatable bonds is 4. The van der Waals surface area contributed by atoms with E-state index in [4.69, 9.17) is 4.74 Å². The minimum absolute atomic E-state index is 0.178. The molecule has 0 bridgehead atoms. The smallest absolute Gasteiger partial charge is 0.285 e. The van der Waals surface area contributed by atoms with Gasteiger partial charge in [0.15, 0.2) is 0 Å². The quantitative estimate of drug-likeness (QED) is 0.696. The standard InChI is InChI=1S/C18H15NO4/c1-23-14-9-7-13(8-10-14)16-15(17(20)19(22)18(16)21)11-12-5-3-2-4-6-12/h2-10,22H,11H2,1H3. The number of imide groups is 1. The molecule has 0 unspecified atom stereocenters. The Morgan fingerprint density at radius 3 is 2.22 bits per heavy atom. The van der Waals surface area contributed by atoms with Crippen LogP contribution in [0.5, 0.6) is 5.75 Å². The van der Waals surface area contributed by atoms with E-state index in [0.717, 1.165) is 5.56 Å². The van der Waals surface area contributed by atoms with E-state index >= 15 is 0 Å². The summed E-state index contributed by atoms with van der Waals surface area (Å²) in [6.07, 6.45) is 0.282. The number of amides is 2. The van der Waals surface area contributed by atoms with Gasteiger partial charge in [-0.3, -0.25) is 14.8 Å². The molecule has 0 saturated heterocycles. The topological polar surface area (TPSA) is 66.8 Å². The SMILES string of the molecule is COc1ccc(C2=C(Cc3ccccc3)C(=O)N(O)C2=O)cc1. The van der Waals surface area contributed by atoms with E-state index in [1.807, 2.05) is 30.3 Å². The molecule has 0 radical (unpaired) electrons. The van der Waals surface area contributed by atoms with Crippen LogP contribution in [0.4, 0.5) is 0 Å². The van der Waals surface area contributed by atoms with Gasteiger partial charge in [0.25, 0.3) is 11.8 Å². The first-order chi connectivity index (χ1) is 11.1. The molecule has 5 heteroatoms. The fraction of sp³-hybridized carbons (Fsp3) is 0.111. The molecule has 1 heterocycles. The zero-order chi connectivity index (χ0) is 16.4. The maximum absolute atomic E-state index is 12.2. The van der Waals surface area contributed by atoms with Crippen LogP contribution in [0.3, 0.4) is 0 Å². The monoisotopic (exact) mass is 309 g/mol. The molecule has 2 amide bonds. The predicted molar refractivity (Wildman–Crippen MR) is 83.7 cm³/mol. The Bertz CT molecular complexity index is 778. The molecule has 2 aromatic carbocycles. The molecule has 116 valence electrons. The van der Waals surface area contributed by atoms with E-state index in [1.54, 1.807) is 31.4 Å². The van der Waals surface area contributed by atoms with Crippen molar-refractivity contribution in [3.8, 4) is 5.75 Å². The molecule has 0 aromatic heterocycles. The summed E-state index contributed by atoms with van der Waals surface area (Å²) in [6, 6.07) is 16.2. The Morgan fingerprint density at radius 1 is 0.957 bits per heavy atom. The molecule has 0 atom stereocenters. The lowest BCUT2D eigenvalue weighted by atomic mass is 9.96. The van der Waals surface area contributed by atoms with E-state index in [0.29, 0.717) is 11.3 Å². The minimum atomic E-state index is -0.703. The molecule has 5 nitrogen and oxygen atoms in total. The number of carbonyl (C=O) groups is 2. The second-order valence-electron chi connectivity index (χ2n) is 5.17. The van der Waals surface area contributed by atoms with Gasteiger partial charge in [0.05, 0.1) is 12.7 Å². The number of hydrogen-bond acceptors (Lipinski definition) is 4. The van der Waals surface area contributed by atoms with Gasteiger partial charge in [0.1, 0.15) is 5.75 Å². The number of benzene rings is 2. The third-order valence-electron chi connectivity index (χ3n) is 3.76. The maximum Gasteiger partial charge on any atom is 0.285 e. The fourth-order valence-electron chi connectivity index (χ4n) is 2.58. The van der Waals surface area contributed by atoms with Crippen molar-refractivity contribution in [1.82, 2.24) is 5.06 Å². The number of hydroxylamine groups is 2. The summed E-state index contributed by atoms with van der Waals surface area (Å²) in [4.78, 5) is 24.4. The Balaban J connectivity index is 2.06. The van der Waals surface area contributed by atoms with Crippen LogP contribution in [0, 0.1) is 0 Å². The molecular weight excluding hydrogens is 294 g/mol. The van der Waals surface area contributed by atoms with Crippen LogP contribution in [0.1, 0.15) is 11.1 Å². The van der Waals surface area contributed by atoms with Gasteiger partial charge in [-0.15, -0.1) is 5.06 Å². The second-order valence-corrected chi connectivity index (χ2v) is 5.17. The zero-order valence-electron chi connectivity index (χ0n) is 12.5. The first-order valence-corrected chi connectivity index (χ1v) is 7.11. The van der Waals surface area contributed by atoms with Gasteiger partial charge in [0, 0.05) is 12.0 Å². The lowest BCUT2D eigenvalue weighted by Gasteiger charge is -2.06. The molecule has 1 aliphatic heterocycles. The summed E-state index contributed by atoms with van der Waals surface area (Å²) in [7, 11) is 1.55. The van der Waals surface area contributed by atoms with Crippen LogP contribution < -0.4 is 4.74 Å². The van der Waals surface area contributed by atoms with Gasteiger partial charge in [-0.25, -0.2) is 0 Å². The average molecular weight is 309 g/mol. The van der Waals surface area contributed by atoms with E-state index in [-0.39, 0.29) is 22.6 Å². The Morgan fingerprint density at radius 2 is 1.61 bits per heavy atom. The molecule has 1 N–H and O–H groups in total. The fourth-order valence-corrected chi connectivity index (χ4v) is 2.58. The van der Waals surface area contributed by atoms with Gasteiger partial charge in [-0.2, -0.15) is 0 Å². The maximum atomic E-state index is 12.2. The summed E-state index contributed by atoms with van der Waals surface area (Å²) in [5.74, 6) is -0.729. The zero-order valence-corrected chi connectivity index (χ0v) is 12.5. The normalized spacial score (nSPS) is 14.6. The van der Waals surface area contributed by atoms with Crippen molar-refractivity contribution in [3.63, 3.8) is 0 Å². The number of hydrogen-bond donors (Lipinski definition) is 1. The molecule has 0 spiro atoms. The first-order valence-electron chi connectivity index (χ1n) is 7.11. The summed E-state index contributed by atoms with van der Waals surface area (Å²) >= 11 is 0. The largest absolute Gasteiger partial charge is 0.497 e. The van der Waals surface area contributed by atoms with Crippen LogP contribution in [-0.2, 0) is 16.0 Å². The molecule has 23 heavy (non-hydrogen) atoms. The molecule has 0 saturated carbocycles. The Kier molecular flexibility index (Phi) is 3.95. The van der Waals surface area contributed by atoms with Gasteiger partial charge in [-0.1, -0.05) is 42.5 Å². The lowest BCUT2D eigenvalue weighted by molar-refractivity contribution is -0.169. The third-order valence-corrected chi connectivity index (χ3v) is 3.76. The van der Waals surface area contributed by atoms with Crippen molar-refractivity contribution >= 4 is 17.4 Å². The summed E-state index contributed by atoms with van der Waals surface area (Å²) in [6.45, 7) is 0. The third kappa shape index (κ3) is 2.74. The average Bonchev–Trinajstić information content (AvgIpc) is 2.80. The molecule has 0 aliphatic carbocycles. The van der Waals surface area contributed by atoms with E-state index in [9.17, 15) is 14.8 Å². The second kappa shape index (κ2) is 6.06. The van der Waals surface area contributed by atoms with Crippen LogP contribution >= 0.6 is 0 Å². The van der Waals surface area contributed by atoms with Crippen LogP contribution in [0.15, 0.2) is 60.2 Å². The van der Waals surface area contributed by atoms with Crippen molar-refractivity contribution in [2.75, 3.05) is 7.11 Å². The number of nitrogens with zero attached hydrogens (tertiary/aromatic N) is 1. The van der Waals surface area contributed by atoms with E-state index in [2.05, 4.69) is 0 Å². The van der Waals surface area contributed by atoms with Crippen molar-refractivity contribution in [2.24, 2.45) is 0 Å². The van der Waals surface area contributed by atoms with Gasteiger partial charge in [0.2, 0.25) is 0 Å². The predicted octanol–water partition coefficient (Wildman–Crippen LogP) is 2.45. The lowest BCUT2D eigenvalue weighted by Crippen LogP contribution is -2.27. The highest BCUT2D eigenvalue weighted by molar-refractivity contribution is 6.35. The summed E-state index contributed by atoms with van der Waals surface area (Å²) in [5, 5.41) is 9.89. The van der Waals surface area contributed by atoms with Crippen LogP contribution in [-0.4, -0.2) is 29.2 Å². The number of carbonyl (C=O) groups excluding carboxylic acids is 2. The van der Waals surface area contributed by atoms with Gasteiger partial charge >= 0.3 is 0 Å². The van der Waals surface area contributed by atoms with Crippen molar-refractivity contribution in [1.29, 1.82) is 0 Å². The highest BCUT2D eigenvalue weighted by Gasteiger charge is 2.38.